The van der Waals surface area contributed by atoms with Gasteiger partial charge in [-0.2, -0.15) is 0 Å². The number of carbonyl (C=O) groups is 2. The molecule has 1 amide bonds. The van der Waals surface area contributed by atoms with E-state index in [0.717, 1.165) is 5.69 Å². The van der Waals surface area contributed by atoms with Gasteiger partial charge in [-0.3, -0.25) is 9.36 Å². The summed E-state index contributed by atoms with van der Waals surface area (Å²) in [7, 11) is 1.31. The van der Waals surface area contributed by atoms with Gasteiger partial charge < -0.3 is 10.1 Å². The van der Waals surface area contributed by atoms with Crippen LogP contribution in [0.1, 0.15) is 10.4 Å². The first-order valence-corrected chi connectivity index (χ1v) is 9.33. The molecule has 138 valence electrons. The van der Waals surface area contributed by atoms with Crippen LogP contribution in [0.2, 0.25) is 5.02 Å². The molecule has 0 fully saturated rings. The van der Waals surface area contributed by atoms with E-state index in [-0.39, 0.29) is 11.7 Å². The molecule has 0 radical (unpaired) electrons. The summed E-state index contributed by atoms with van der Waals surface area (Å²) < 4.78 is 6.54. The standard InChI is InChI=1S/C19H16ClN3O3S/c1-26-18(25)13-4-2-6-15(10-13)22-17(24)12-27-19-21-8-9-23(19)16-7-3-5-14(20)11-16/h2-11H,12H2,1H3,(H,22,24). The van der Waals surface area contributed by atoms with Crippen molar-refractivity contribution in [3.63, 3.8) is 0 Å². The zero-order valence-electron chi connectivity index (χ0n) is 14.4. The molecule has 0 saturated heterocycles. The molecule has 0 aliphatic heterocycles. The predicted molar refractivity (Wildman–Crippen MR) is 106 cm³/mol. The van der Waals surface area contributed by atoms with Crippen molar-refractivity contribution < 1.29 is 14.3 Å². The molecule has 8 heteroatoms. The van der Waals surface area contributed by atoms with Gasteiger partial charge in [0.2, 0.25) is 5.91 Å². The zero-order valence-corrected chi connectivity index (χ0v) is 16.0. The van der Waals surface area contributed by atoms with Crippen LogP contribution in [0.25, 0.3) is 5.69 Å². The fourth-order valence-corrected chi connectivity index (χ4v) is 3.35. The molecule has 1 aromatic heterocycles. The van der Waals surface area contributed by atoms with Crippen LogP contribution in [0.5, 0.6) is 0 Å². The van der Waals surface area contributed by atoms with Gasteiger partial charge in [0.15, 0.2) is 5.16 Å². The number of ether oxygens (including phenoxy) is 1. The fraction of sp³-hybridized carbons (Fsp3) is 0.105. The normalized spacial score (nSPS) is 10.4. The number of halogens is 1. The molecule has 1 N–H and O–H groups in total. The van der Waals surface area contributed by atoms with Crippen LogP contribution in [-0.2, 0) is 9.53 Å². The van der Waals surface area contributed by atoms with Crippen molar-refractivity contribution in [3.8, 4) is 5.69 Å². The second-order valence-electron chi connectivity index (χ2n) is 5.47. The summed E-state index contributed by atoms with van der Waals surface area (Å²) in [6.45, 7) is 0. The van der Waals surface area contributed by atoms with Crippen molar-refractivity contribution in [1.82, 2.24) is 9.55 Å². The lowest BCUT2D eigenvalue weighted by molar-refractivity contribution is -0.113. The van der Waals surface area contributed by atoms with Crippen LogP contribution in [0.3, 0.4) is 0 Å². The molecule has 0 unspecified atom stereocenters. The van der Waals surface area contributed by atoms with Gasteiger partial charge in [-0.05, 0) is 36.4 Å². The molecule has 27 heavy (non-hydrogen) atoms. The molecule has 0 aliphatic carbocycles. The van der Waals surface area contributed by atoms with Gasteiger partial charge in [-0.25, -0.2) is 9.78 Å². The van der Waals surface area contributed by atoms with E-state index >= 15 is 0 Å². The van der Waals surface area contributed by atoms with E-state index < -0.39 is 5.97 Å². The molecule has 0 atom stereocenters. The molecule has 0 bridgehead atoms. The molecule has 0 saturated carbocycles. The third-order valence-corrected chi connectivity index (χ3v) is 4.79. The van der Waals surface area contributed by atoms with Gasteiger partial charge in [-0.15, -0.1) is 0 Å². The molecule has 1 heterocycles. The fourth-order valence-electron chi connectivity index (χ4n) is 2.39. The van der Waals surface area contributed by atoms with Crippen LogP contribution >= 0.6 is 23.4 Å². The summed E-state index contributed by atoms with van der Waals surface area (Å²) in [5.74, 6) is -0.494. The lowest BCUT2D eigenvalue weighted by atomic mass is 10.2. The average molecular weight is 402 g/mol. The second-order valence-corrected chi connectivity index (χ2v) is 6.85. The van der Waals surface area contributed by atoms with Crippen molar-refractivity contribution in [3.05, 3.63) is 71.5 Å². The third-order valence-electron chi connectivity index (χ3n) is 3.59. The summed E-state index contributed by atoms with van der Waals surface area (Å²) in [6.07, 6.45) is 3.48. The Hall–Kier alpha value is -2.77. The highest BCUT2D eigenvalue weighted by atomic mass is 35.5. The summed E-state index contributed by atoms with van der Waals surface area (Å²) in [6, 6.07) is 14.0. The van der Waals surface area contributed by atoms with Crippen LogP contribution < -0.4 is 5.32 Å². The Morgan fingerprint density at radius 2 is 2.04 bits per heavy atom. The van der Waals surface area contributed by atoms with Gasteiger partial charge in [0.05, 0.1) is 18.4 Å². The van der Waals surface area contributed by atoms with Gasteiger partial charge in [0, 0.05) is 28.8 Å². The Bertz CT molecular complexity index is 974. The highest BCUT2D eigenvalue weighted by molar-refractivity contribution is 7.99. The van der Waals surface area contributed by atoms with Crippen molar-refractivity contribution in [2.75, 3.05) is 18.2 Å². The summed E-state index contributed by atoms with van der Waals surface area (Å²) >= 11 is 7.34. The van der Waals surface area contributed by atoms with Crippen molar-refractivity contribution >= 4 is 40.9 Å². The number of esters is 1. The number of amides is 1. The number of aromatic nitrogens is 2. The number of anilines is 1. The number of thioether (sulfide) groups is 1. The number of nitrogens with one attached hydrogen (secondary N) is 1. The molecule has 2 aromatic carbocycles. The number of imidazole rings is 1. The quantitative estimate of drug-likeness (QED) is 0.498. The Labute approximate surface area is 165 Å². The lowest BCUT2D eigenvalue weighted by Crippen LogP contribution is -2.15. The number of hydrogen-bond donors (Lipinski definition) is 1. The van der Waals surface area contributed by atoms with Crippen LogP contribution in [0.4, 0.5) is 5.69 Å². The minimum Gasteiger partial charge on any atom is -0.465 e. The summed E-state index contributed by atoms with van der Waals surface area (Å²) in [5, 5.41) is 4.07. The molecule has 6 nitrogen and oxygen atoms in total. The number of rotatable bonds is 6. The maximum Gasteiger partial charge on any atom is 0.337 e. The Morgan fingerprint density at radius 3 is 2.81 bits per heavy atom. The minimum atomic E-state index is -0.455. The first-order valence-electron chi connectivity index (χ1n) is 7.97. The lowest BCUT2D eigenvalue weighted by Gasteiger charge is -2.09. The highest BCUT2D eigenvalue weighted by Crippen LogP contribution is 2.22. The minimum absolute atomic E-state index is 0.167. The number of nitrogens with zero attached hydrogens (tertiary/aromatic N) is 2. The highest BCUT2D eigenvalue weighted by Gasteiger charge is 2.11. The van der Waals surface area contributed by atoms with E-state index in [1.165, 1.54) is 18.9 Å². The van der Waals surface area contributed by atoms with E-state index in [1.807, 2.05) is 29.0 Å². The number of methoxy groups -OCH3 is 1. The zero-order chi connectivity index (χ0) is 19.2. The van der Waals surface area contributed by atoms with E-state index in [1.54, 1.807) is 36.5 Å². The van der Waals surface area contributed by atoms with Crippen LogP contribution in [-0.4, -0.2) is 34.3 Å². The van der Waals surface area contributed by atoms with Gasteiger partial charge >= 0.3 is 5.97 Å². The second kappa shape index (κ2) is 8.75. The van der Waals surface area contributed by atoms with Crippen molar-refractivity contribution in [2.45, 2.75) is 5.16 Å². The largest absolute Gasteiger partial charge is 0.465 e. The Kier molecular flexibility index (Phi) is 6.16. The molecule has 0 spiro atoms. The number of carbonyl (C=O) groups excluding carboxylic acids is 2. The van der Waals surface area contributed by atoms with E-state index in [2.05, 4.69) is 15.0 Å². The van der Waals surface area contributed by atoms with Crippen LogP contribution in [0, 0.1) is 0 Å². The van der Waals surface area contributed by atoms with E-state index in [0.29, 0.717) is 21.4 Å². The molecular formula is C19H16ClN3O3S. The maximum atomic E-state index is 12.3. The first kappa shape index (κ1) is 19.0. The van der Waals surface area contributed by atoms with E-state index in [9.17, 15) is 9.59 Å². The predicted octanol–water partition coefficient (Wildman–Crippen LogP) is 4.04. The Morgan fingerprint density at radius 1 is 1.22 bits per heavy atom. The first-order chi connectivity index (χ1) is 13.1. The van der Waals surface area contributed by atoms with E-state index in [4.69, 9.17) is 11.6 Å². The van der Waals surface area contributed by atoms with Crippen molar-refractivity contribution in [2.24, 2.45) is 0 Å². The monoisotopic (exact) mass is 401 g/mol. The number of hydrogen-bond acceptors (Lipinski definition) is 5. The Balaban J connectivity index is 1.64. The van der Waals surface area contributed by atoms with Gasteiger partial charge in [0.1, 0.15) is 0 Å². The third kappa shape index (κ3) is 4.90. The number of benzene rings is 2. The molecular weight excluding hydrogens is 386 g/mol. The van der Waals surface area contributed by atoms with Crippen LogP contribution in [0.15, 0.2) is 66.1 Å². The molecule has 3 rings (SSSR count). The molecule has 3 aromatic rings. The average Bonchev–Trinajstić information content (AvgIpc) is 3.14. The summed E-state index contributed by atoms with van der Waals surface area (Å²) in [4.78, 5) is 28.1. The SMILES string of the molecule is COC(=O)c1cccc(NC(=O)CSc2nccn2-c2cccc(Cl)c2)c1. The topological polar surface area (TPSA) is 73.2 Å². The maximum absolute atomic E-state index is 12.3. The van der Waals surface area contributed by atoms with Gasteiger partial charge in [0.25, 0.3) is 0 Å². The molecule has 0 aliphatic rings. The summed E-state index contributed by atoms with van der Waals surface area (Å²) in [5.41, 5.74) is 1.77. The van der Waals surface area contributed by atoms with Crippen molar-refractivity contribution in [1.29, 1.82) is 0 Å². The smallest absolute Gasteiger partial charge is 0.337 e. The van der Waals surface area contributed by atoms with Gasteiger partial charge in [-0.1, -0.05) is 35.5 Å².